The molecule has 1 fully saturated rings. The van der Waals surface area contributed by atoms with Crippen LogP contribution >= 0.6 is 38.9 Å². The van der Waals surface area contributed by atoms with Crippen molar-refractivity contribution in [2.75, 3.05) is 0 Å². The second-order valence-corrected chi connectivity index (χ2v) is 6.83. The number of amides is 1. The number of alkyl halides is 1. The average Bonchev–Trinajstić information content (AvgIpc) is 2.63. The van der Waals surface area contributed by atoms with E-state index >= 15 is 0 Å². The van der Waals surface area contributed by atoms with Crippen LogP contribution in [0.5, 0.6) is 0 Å². The summed E-state index contributed by atoms with van der Waals surface area (Å²) in [4.78, 5) is 13.0. The van der Waals surface area contributed by atoms with Gasteiger partial charge in [-0.15, -0.1) is 11.3 Å². The van der Waals surface area contributed by atoms with E-state index in [2.05, 4.69) is 21.2 Å². The van der Waals surface area contributed by atoms with Crippen molar-refractivity contribution in [1.29, 1.82) is 0 Å². The minimum Gasteiger partial charge on any atom is -0.347 e. The number of hydrogen-bond donors (Lipinski definition) is 1. The molecule has 2 rings (SSSR count). The number of carbonyl (C=O) groups is 1. The van der Waals surface area contributed by atoms with Gasteiger partial charge in [0.2, 0.25) is 0 Å². The molecule has 0 aromatic carbocycles. The maximum absolute atomic E-state index is 12.0. The smallest absolute Gasteiger partial charge is 0.263 e. The Bertz CT molecular complexity index is 396. The molecule has 1 N–H and O–H groups in total. The lowest BCUT2D eigenvalue weighted by atomic mass is 10.1. The molecular weight excluding hydrogens is 322 g/mol. The molecule has 1 amide bonds. The van der Waals surface area contributed by atoms with E-state index in [1.165, 1.54) is 30.6 Å². The van der Waals surface area contributed by atoms with E-state index in [1.54, 1.807) is 6.07 Å². The van der Waals surface area contributed by atoms with Gasteiger partial charge >= 0.3 is 0 Å². The molecule has 5 heteroatoms. The van der Waals surface area contributed by atoms with E-state index in [0.29, 0.717) is 14.7 Å². The van der Waals surface area contributed by atoms with Crippen LogP contribution in [-0.4, -0.2) is 16.8 Å². The van der Waals surface area contributed by atoms with Crippen molar-refractivity contribution in [3.63, 3.8) is 0 Å². The van der Waals surface area contributed by atoms with Crippen molar-refractivity contribution in [3.8, 4) is 0 Å². The van der Waals surface area contributed by atoms with Gasteiger partial charge in [-0.1, -0.05) is 46.8 Å². The highest BCUT2D eigenvalue weighted by atomic mass is 79.9. The third-order valence-corrected chi connectivity index (χ3v) is 5.51. The van der Waals surface area contributed by atoms with Crippen LogP contribution < -0.4 is 5.32 Å². The van der Waals surface area contributed by atoms with Crippen molar-refractivity contribution >= 4 is 44.8 Å². The molecule has 0 aliphatic heterocycles. The second-order valence-electron chi connectivity index (χ2n) is 4.33. The maximum Gasteiger partial charge on any atom is 0.263 e. The lowest BCUT2D eigenvalue weighted by Gasteiger charge is -2.21. The van der Waals surface area contributed by atoms with Crippen LogP contribution in [0, 0.1) is 0 Å². The molecule has 0 bridgehead atoms. The number of halogens is 2. The highest BCUT2D eigenvalue weighted by Crippen LogP contribution is 2.26. The van der Waals surface area contributed by atoms with Gasteiger partial charge in [0.05, 0.1) is 5.02 Å². The molecule has 1 aromatic rings. The molecule has 17 heavy (non-hydrogen) atoms. The fourth-order valence-electron chi connectivity index (χ4n) is 2.11. The molecule has 0 spiro atoms. The molecule has 1 heterocycles. The molecule has 94 valence electrons. The number of thiophene rings is 1. The fraction of sp³-hybridized carbons (Fsp3) is 0.583. The van der Waals surface area contributed by atoms with Gasteiger partial charge in [0.25, 0.3) is 5.91 Å². The summed E-state index contributed by atoms with van der Waals surface area (Å²) in [5, 5.41) is 5.48. The van der Waals surface area contributed by atoms with Crippen LogP contribution in [0.25, 0.3) is 0 Å². The number of rotatable bonds is 2. The lowest BCUT2D eigenvalue weighted by Crippen LogP contribution is -2.40. The van der Waals surface area contributed by atoms with E-state index in [9.17, 15) is 4.79 Å². The molecule has 2 unspecified atom stereocenters. The summed E-state index contributed by atoms with van der Waals surface area (Å²) >= 11 is 11.0. The highest BCUT2D eigenvalue weighted by Gasteiger charge is 2.24. The zero-order chi connectivity index (χ0) is 12.3. The van der Waals surface area contributed by atoms with E-state index < -0.39 is 0 Å². The molecule has 2 atom stereocenters. The first-order valence-electron chi connectivity index (χ1n) is 5.86. The second kappa shape index (κ2) is 6.21. The van der Waals surface area contributed by atoms with Gasteiger partial charge in [-0.2, -0.15) is 0 Å². The van der Waals surface area contributed by atoms with E-state index in [-0.39, 0.29) is 11.9 Å². The Morgan fingerprint density at radius 3 is 2.88 bits per heavy atom. The van der Waals surface area contributed by atoms with Crippen LogP contribution in [0.1, 0.15) is 41.8 Å². The molecule has 1 aliphatic rings. The molecule has 1 aromatic heterocycles. The lowest BCUT2D eigenvalue weighted by molar-refractivity contribution is 0.0939. The zero-order valence-corrected chi connectivity index (χ0v) is 12.6. The van der Waals surface area contributed by atoms with Gasteiger partial charge < -0.3 is 5.32 Å². The highest BCUT2D eigenvalue weighted by molar-refractivity contribution is 9.09. The monoisotopic (exact) mass is 335 g/mol. The summed E-state index contributed by atoms with van der Waals surface area (Å²) in [6.45, 7) is 0. The van der Waals surface area contributed by atoms with Crippen molar-refractivity contribution in [1.82, 2.24) is 5.32 Å². The third kappa shape index (κ3) is 3.46. The first-order valence-corrected chi connectivity index (χ1v) is 8.03. The van der Waals surface area contributed by atoms with E-state index in [4.69, 9.17) is 11.6 Å². The summed E-state index contributed by atoms with van der Waals surface area (Å²) in [5.74, 6) is -0.0404. The molecule has 2 nitrogen and oxygen atoms in total. The number of nitrogens with one attached hydrogen (secondary N) is 1. The average molecular weight is 337 g/mol. The van der Waals surface area contributed by atoms with Gasteiger partial charge in [-0.05, 0) is 24.3 Å². The van der Waals surface area contributed by atoms with Crippen LogP contribution in [0.3, 0.4) is 0 Å². The standard InChI is InChI=1S/C12H15BrClNOS/c13-8-4-2-1-3-5-10(8)15-12(16)11-9(14)6-7-17-11/h6-8,10H,1-5H2,(H,15,16). The normalized spacial score (nSPS) is 25.3. The van der Waals surface area contributed by atoms with Crippen molar-refractivity contribution < 1.29 is 4.79 Å². The Morgan fingerprint density at radius 1 is 1.41 bits per heavy atom. The van der Waals surface area contributed by atoms with Crippen LogP contribution in [0.4, 0.5) is 0 Å². The first kappa shape index (κ1) is 13.4. The van der Waals surface area contributed by atoms with E-state index in [0.717, 1.165) is 12.8 Å². The largest absolute Gasteiger partial charge is 0.347 e. The van der Waals surface area contributed by atoms with Crippen LogP contribution in [0.15, 0.2) is 11.4 Å². The Kier molecular flexibility index (Phi) is 4.88. The topological polar surface area (TPSA) is 29.1 Å². The first-order chi connectivity index (χ1) is 8.18. The zero-order valence-electron chi connectivity index (χ0n) is 9.42. The maximum atomic E-state index is 12.0. The Hall–Kier alpha value is -0.0600. The minimum atomic E-state index is -0.0404. The van der Waals surface area contributed by atoms with Gasteiger partial charge in [0.15, 0.2) is 0 Å². The Labute approximate surface area is 119 Å². The van der Waals surface area contributed by atoms with Crippen molar-refractivity contribution in [3.05, 3.63) is 21.3 Å². The predicted molar refractivity (Wildman–Crippen MR) is 76.4 cm³/mol. The summed E-state index contributed by atoms with van der Waals surface area (Å²) in [6, 6.07) is 1.99. The SMILES string of the molecule is O=C(NC1CCCCCC1Br)c1sccc1Cl. The van der Waals surface area contributed by atoms with Crippen molar-refractivity contribution in [2.24, 2.45) is 0 Å². The van der Waals surface area contributed by atoms with Gasteiger partial charge in [0.1, 0.15) is 4.88 Å². The molecular formula is C12H15BrClNOS. The summed E-state index contributed by atoms with van der Waals surface area (Å²) in [7, 11) is 0. The summed E-state index contributed by atoms with van der Waals surface area (Å²) in [6.07, 6.45) is 5.86. The van der Waals surface area contributed by atoms with Gasteiger partial charge in [-0.3, -0.25) is 4.79 Å². The Morgan fingerprint density at radius 2 is 2.18 bits per heavy atom. The summed E-state index contributed by atoms with van der Waals surface area (Å²) < 4.78 is 0. The van der Waals surface area contributed by atoms with Crippen molar-refractivity contribution in [2.45, 2.75) is 43.0 Å². The predicted octanol–water partition coefficient (Wildman–Crippen LogP) is 4.23. The number of hydrogen-bond acceptors (Lipinski definition) is 2. The number of carbonyl (C=O) groups excluding carboxylic acids is 1. The van der Waals surface area contributed by atoms with Gasteiger partial charge in [-0.25, -0.2) is 0 Å². The Balaban J connectivity index is 2.00. The molecule has 0 radical (unpaired) electrons. The molecule has 1 aliphatic carbocycles. The molecule has 0 saturated heterocycles. The van der Waals surface area contributed by atoms with Gasteiger partial charge in [0, 0.05) is 10.9 Å². The molecule has 1 saturated carbocycles. The fourth-order valence-corrected chi connectivity index (χ4v) is 3.88. The van der Waals surface area contributed by atoms with Crippen LogP contribution in [0.2, 0.25) is 5.02 Å². The summed E-state index contributed by atoms with van der Waals surface area (Å²) in [5.41, 5.74) is 0. The van der Waals surface area contributed by atoms with E-state index in [1.807, 2.05) is 5.38 Å². The quantitative estimate of drug-likeness (QED) is 0.635. The minimum absolute atomic E-state index is 0.0404. The van der Waals surface area contributed by atoms with Crippen LogP contribution in [-0.2, 0) is 0 Å². The third-order valence-electron chi connectivity index (χ3n) is 3.07.